The van der Waals surface area contributed by atoms with Crippen LogP contribution in [0.3, 0.4) is 0 Å². The number of esters is 1. The zero-order valence-corrected chi connectivity index (χ0v) is 16.3. The monoisotopic (exact) mass is 420 g/mol. The standard InChI is InChI=1S/C23H17FN2O5/c1-2-31-23(30)18-15-10-16(27)17(13-4-3-9-25-11-13)21(28)19(15)22(29)26-20(18)12-5-7-14(24)8-6-12/h3-11,27-28H,2H2,1H3,(H,26,29). The highest BCUT2D eigenvalue weighted by Gasteiger charge is 2.25. The molecule has 4 aromatic rings. The first-order chi connectivity index (χ1) is 14.9. The number of phenols is 2. The van der Waals surface area contributed by atoms with E-state index in [0.717, 1.165) is 0 Å². The van der Waals surface area contributed by atoms with Crippen molar-refractivity contribution in [1.29, 1.82) is 0 Å². The number of fused-ring (bicyclic) bond motifs is 1. The molecule has 2 aromatic heterocycles. The average Bonchev–Trinajstić information content (AvgIpc) is 2.74. The van der Waals surface area contributed by atoms with Crippen molar-refractivity contribution in [3.8, 4) is 33.9 Å². The third-order valence-corrected chi connectivity index (χ3v) is 4.83. The molecule has 0 atom stereocenters. The van der Waals surface area contributed by atoms with E-state index >= 15 is 0 Å². The summed E-state index contributed by atoms with van der Waals surface area (Å²) in [6, 6.07) is 9.63. The molecule has 2 heterocycles. The summed E-state index contributed by atoms with van der Waals surface area (Å²) < 4.78 is 18.5. The number of aromatic hydroxyl groups is 2. The molecule has 7 nitrogen and oxygen atoms in total. The lowest BCUT2D eigenvalue weighted by Gasteiger charge is -2.15. The fourth-order valence-corrected chi connectivity index (χ4v) is 3.50. The summed E-state index contributed by atoms with van der Waals surface area (Å²) in [7, 11) is 0. The van der Waals surface area contributed by atoms with Crippen LogP contribution < -0.4 is 5.56 Å². The molecule has 3 N–H and O–H groups in total. The van der Waals surface area contributed by atoms with Crippen molar-refractivity contribution in [2.75, 3.05) is 6.61 Å². The fraction of sp³-hybridized carbons (Fsp3) is 0.0870. The van der Waals surface area contributed by atoms with E-state index in [0.29, 0.717) is 11.1 Å². The van der Waals surface area contributed by atoms with Gasteiger partial charge in [-0.25, -0.2) is 9.18 Å². The number of aromatic amines is 1. The minimum atomic E-state index is -0.768. The molecule has 0 spiro atoms. The maximum atomic E-state index is 13.4. The predicted molar refractivity (Wildman–Crippen MR) is 112 cm³/mol. The van der Waals surface area contributed by atoms with E-state index in [4.69, 9.17) is 4.74 Å². The first kappa shape index (κ1) is 20.1. The van der Waals surface area contributed by atoms with E-state index in [1.807, 2.05) is 0 Å². The van der Waals surface area contributed by atoms with Gasteiger partial charge in [0.05, 0.1) is 28.8 Å². The summed E-state index contributed by atoms with van der Waals surface area (Å²) in [4.78, 5) is 32.3. The van der Waals surface area contributed by atoms with E-state index in [-0.39, 0.29) is 39.9 Å². The molecule has 0 aliphatic rings. The zero-order chi connectivity index (χ0) is 22.1. The van der Waals surface area contributed by atoms with Gasteiger partial charge in [-0.3, -0.25) is 9.78 Å². The van der Waals surface area contributed by atoms with Crippen LogP contribution >= 0.6 is 0 Å². The highest BCUT2D eigenvalue weighted by Crippen LogP contribution is 2.43. The molecule has 0 fully saturated rings. The summed E-state index contributed by atoms with van der Waals surface area (Å²) in [6.07, 6.45) is 2.95. The topological polar surface area (TPSA) is 113 Å². The first-order valence-corrected chi connectivity index (χ1v) is 9.40. The molecule has 0 amide bonds. The van der Waals surface area contributed by atoms with Crippen molar-refractivity contribution in [2.45, 2.75) is 6.92 Å². The highest BCUT2D eigenvalue weighted by molar-refractivity contribution is 6.12. The normalized spacial score (nSPS) is 10.9. The number of aromatic nitrogens is 2. The SMILES string of the molecule is CCOC(=O)c1c(-c2ccc(F)cc2)[nH]c(=O)c2c(O)c(-c3cccnc3)c(O)cc12. The summed E-state index contributed by atoms with van der Waals surface area (Å²) in [5.74, 6) is -2.10. The van der Waals surface area contributed by atoms with Gasteiger partial charge in [0.15, 0.2) is 0 Å². The van der Waals surface area contributed by atoms with Crippen LogP contribution in [-0.2, 0) is 4.74 Å². The Labute approximate surface area is 175 Å². The number of benzene rings is 2. The minimum Gasteiger partial charge on any atom is -0.507 e. The summed E-state index contributed by atoms with van der Waals surface area (Å²) in [5.41, 5.74) is 0.0913. The van der Waals surface area contributed by atoms with Crippen LogP contribution in [0.1, 0.15) is 17.3 Å². The first-order valence-electron chi connectivity index (χ1n) is 9.40. The molecule has 0 saturated carbocycles. The highest BCUT2D eigenvalue weighted by atomic mass is 19.1. The minimum absolute atomic E-state index is 0.00386. The second-order valence-electron chi connectivity index (χ2n) is 6.72. The van der Waals surface area contributed by atoms with Gasteiger partial charge in [0.25, 0.3) is 5.56 Å². The number of ether oxygens (including phenoxy) is 1. The van der Waals surface area contributed by atoms with Crippen LogP contribution in [0.15, 0.2) is 59.7 Å². The molecule has 0 aliphatic heterocycles. The number of halogens is 1. The van der Waals surface area contributed by atoms with Gasteiger partial charge in [0.1, 0.15) is 17.3 Å². The van der Waals surface area contributed by atoms with Crippen molar-refractivity contribution >= 4 is 16.7 Å². The number of nitrogens with zero attached hydrogens (tertiary/aromatic N) is 1. The van der Waals surface area contributed by atoms with Crippen LogP contribution in [0.25, 0.3) is 33.2 Å². The Balaban J connectivity index is 2.10. The quantitative estimate of drug-likeness (QED) is 0.431. The Morgan fingerprint density at radius 1 is 1.16 bits per heavy atom. The molecule has 0 saturated heterocycles. The molecule has 0 bridgehead atoms. The van der Waals surface area contributed by atoms with Gasteiger partial charge in [0.2, 0.25) is 0 Å². The number of H-pyrrole nitrogens is 1. The van der Waals surface area contributed by atoms with Crippen LogP contribution in [0.2, 0.25) is 0 Å². The van der Waals surface area contributed by atoms with Crippen LogP contribution in [0.4, 0.5) is 4.39 Å². The molecule has 31 heavy (non-hydrogen) atoms. The van der Waals surface area contributed by atoms with Gasteiger partial charge >= 0.3 is 5.97 Å². The fourth-order valence-electron chi connectivity index (χ4n) is 3.50. The molecular weight excluding hydrogens is 403 g/mol. The van der Waals surface area contributed by atoms with Gasteiger partial charge in [-0.2, -0.15) is 0 Å². The lowest BCUT2D eigenvalue weighted by molar-refractivity contribution is 0.0529. The number of hydrogen-bond acceptors (Lipinski definition) is 6. The van der Waals surface area contributed by atoms with E-state index in [9.17, 15) is 24.2 Å². The van der Waals surface area contributed by atoms with E-state index in [1.54, 1.807) is 19.1 Å². The van der Waals surface area contributed by atoms with Crippen molar-refractivity contribution in [2.24, 2.45) is 0 Å². The van der Waals surface area contributed by atoms with Crippen molar-refractivity contribution in [3.63, 3.8) is 0 Å². The van der Waals surface area contributed by atoms with Crippen LogP contribution in [0.5, 0.6) is 11.5 Å². The van der Waals surface area contributed by atoms with Crippen molar-refractivity contribution in [1.82, 2.24) is 9.97 Å². The summed E-state index contributed by atoms with van der Waals surface area (Å²) in [6.45, 7) is 1.69. The second kappa shape index (κ2) is 7.91. The number of carbonyl (C=O) groups is 1. The molecule has 0 radical (unpaired) electrons. The van der Waals surface area contributed by atoms with Gasteiger partial charge in [-0.1, -0.05) is 6.07 Å². The maximum absolute atomic E-state index is 13.4. The Morgan fingerprint density at radius 3 is 2.55 bits per heavy atom. The van der Waals surface area contributed by atoms with Crippen molar-refractivity contribution in [3.05, 3.63) is 76.6 Å². The Kier molecular flexibility index (Phi) is 5.12. The van der Waals surface area contributed by atoms with Crippen LogP contribution in [0, 0.1) is 5.82 Å². The smallest absolute Gasteiger partial charge is 0.340 e. The summed E-state index contributed by atoms with van der Waals surface area (Å²) >= 11 is 0. The number of rotatable bonds is 4. The lowest BCUT2D eigenvalue weighted by Crippen LogP contribution is -2.16. The van der Waals surface area contributed by atoms with Gasteiger partial charge < -0.3 is 19.9 Å². The molecule has 8 heteroatoms. The average molecular weight is 420 g/mol. The number of pyridine rings is 2. The molecule has 4 rings (SSSR count). The van der Waals surface area contributed by atoms with E-state index in [2.05, 4.69) is 9.97 Å². The number of phenolic OH excluding ortho intramolecular Hbond substituents is 2. The van der Waals surface area contributed by atoms with Crippen LogP contribution in [-0.4, -0.2) is 32.8 Å². The zero-order valence-electron chi connectivity index (χ0n) is 16.3. The molecule has 0 aliphatic carbocycles. The van der Waals surface area contributed by atoms with E-state index in [1.165, 1.54) is 42.7 Å². The predicted octanol–water partition coefficient (Wildman–Crippen LogP) is 3.98. The Morgan fingerprint density at radius 2 is 1.90 bits per heavy atom. The van der Waals surface area contributed by atoms with Gasteiger partial charge in [0, 0.05) is 23.3 Å². The number of carbonyl (C=O) groups excluding carboxylic acids is 1. The maximum Gasteiger partial charge on any atom is 0.340 e. The third-order valence-electron chi connectivity index (χ3n) is 4.83. The van der Waals surface area contributed by atoms with E-state index < -0.39 is 23.1 Å². The van der Waals surface area contributed by atoms with Gasteiger partial charge in [-0.05, 0) is 48.9 Å². The summed E-state index contributed by atoms with van der Waals surface area (Å²) in [5, 5.41) is 21.4. The number of hydrogen-bond donors (Lipinski definition) is 3. The Hall–Kier alpha value is -4.20. The number of nitrogens with one attached hydrogen (secondary N) is 1. The van der Waals surface area contributed by atoms with Crippen molar-refractivity contribution < 1.29 is 24.1 Å². The molecule has 156 valence electrons. The lowest BCUT2D eigenvalue weighted by atomic mass is 9.95. The second-order valence-corrected chi connectivity index (χ2v) is 6.72. The molecular formula is C23H17FN2O5. The third kappa shape index (κ3) is 3.48. The van der Waals surface area contributed by atoms with Gasteiger partial charge in [-0.15, -0.1) is 0 Å². The molecule has 2 aromatic carbocycles. The molecule has 0 unspecified atom stereocenters. The largest absolute Gasteiger partial charge is 0.507 e. The Bertz CT molecular complexity index is 1350.